The highest BCUT2D eigenvalue weighted by Crippen LogP contribution is 2.09. The van der Waals surface area contributed by atoms with Crippen LogP contribution in [0.2, 0.25) is 0 Å². The Bertz CT molecular complexity index is 75.5. The van der Waals surface area contributed by atoms with Gasteiger partial charge in [-0.15, -0.1) is 0 Å². The minimum absolute atomic E-state index is 0.394. The van der Waals surface area contributed by atoms with E-state index in [1.54, 1.807) is 0 Å². The highest BCUT2D eigenvalue weighted by molar-refractivity contribution is 8.12. The highest BCUT2D eigenvalue weighted by atomic mass is 32.2. The molecule has 0 fully saturated rings. The van der Waals surface area contributed by atoms with Crippen LogP contribution in [-0.4, -0.2) is 16.6 Å². The monoisotopic (exact) mass is 164 g/mol. The minimum Gasteiger partial charge on any atom is -0.291 e. The fraction of sp³-hybridized carbons (Fsp3) is 0.833. The van der Waals surface area contributed by atoms with Gasteiger partial charge in [0.25, 0.3) is 0 Å². The fourth-order valence-corrected chi connectivity index (χ4v) is 1.55. The van der Waals surface area contributed by atoms with Crippen molar-refractivity contribution in [1.29, 1.82) is 0 Å². The van der Waals surface area contributed by atoms with Gasteiger partial charge in [0.1, 0.15) is 0 Å². The maximum Gasteiger partial charge on any atom is 0.176 e. The van der Waals surface area contributed by atoms with Crippen LogP contribution in [-0.2, 0) is 4.79 Å². The summed E-state index contributed by atoms with van der Waals surface area (Å²) in [6.45, 7) is 2.12. The number of thioether (sulfide) groups is 1. The summed E-state index contributed by atoms with van der Waals surface area (Å²) < 4.78 is 0. The zero-order valence-electron chi connectivity index (χ0n) is 5.54. The van der Waals surface area contributed by atoms with Crippen molar-refractivity contribution in [3.63, 3.8) is 0 Å². The second kappa shape index (κ2) is 6.49. The molecule has 0 aliphatic rings. The SMILES string of the molecule is CCCC(S)CSC=O. The Morgan fingerprint density at radius 1 is 1.78 bits per heavy atom. The Hall–Kier alpha value is 0.370. The largest absolute Gasteiger partial charge is 0.291 e. The summed E-state index contributed by atoms with van der Waals surface area (Å²) in [5, 5.41) is 0.394. The van der Waals surface area contributed by atoms with Crippen molar-refractivity contribution in [2.75, 3.05) is 5.75 Å². The summed E-state index contributed by atoms with van der Waals surface area (Å²) in [4.78, 5) is 9.84. The maximum absolute atomic E-state index is 9.84. The Labute approximate surface area is 66.0 Å². The lowest BCUT2D eigenvalue weighted by molar-refractivity contribution is 0.570. The molecule has 0 saturated heterocycles. The second-order valence-electron chi connectivity index (χ2n) is 1.87. The van der Waals surface area contributed by atoms with Gasteiger partial charge in [0.2, 0.25) is 0 Å². The molecule has 1 nitrogen and oxygen atoms in total. The fourth-order valence-electron chi connectivity index (χ4n) is 0.567. The smallest absolute Gasteiger partial charge is 0.176 e. The summed E-state index contributed by atoms with van der Waals surface area (Å²) in [7, 11) is 0. The molecule has 54 valence electrons. The van der Waals surface area contributed by atoms with E-state index in [-0.39, 0.29) is 0 Å². The lowest BCUT2D eigenvalue weighted by Crippen LogP contribution is -2.00. The maximum atomic E-state index is 9.84. The van der Waals surface area contributed by atoms with Crippen LogP contribution in [0.5, 0.6) is 0 Å². The third kappa shape index (κ3) is 6.25. The lowest BCUT2D eigenvalue weighted by Gasteiger charge is -2.03. The van der Waals surface area contributed by atoms with E-state index in [9.17, 15) is 4.79 Å². The molecule has 0 spiro atoms. The molecule has 1 unspecified atom stereocenters. The third-order valence-corrected chi connectivity index (χ3v) is 2.40. The minimum atomic E-state index is 0.394. The Morgan fingerprint density at radius 2 is 2.44 bits per heavy atom. The van der Waals surface area contributed by atoms with E-state index < -0.39 is 0 Å². The molecule has 0 aromatic carbocycles. The van der Waals surface area contributed by atoms with E-state index in [1.807, 2.05) is 0 Å². The van der Waals surface area contributed by atoms with Gasteiger partial charge in [-0.3, -0.25) is 4.79 Å². The first-order chi connectivity index (χ1) is 4.31. The zero-order chi connectivity index (χ0) is 7.11. The summed E-state index contributed by atoms with van der Waals surface area (Å²) in [6, 6.07) is 0. The number of hydrogen-bond donors (Lipinski definition) is 1. The van der Waals surface area contributed by atoms with Gasteiger partial charge in [0.15, 0.2) is 5.62 Å². The second-order valence-corrected chi connectivity index (χ2v) is 3.46. The summed E-state index contributed by atoms with van der Waals surface area (Å²) in [6.07, 6.45) is 2.25. The Balaban J connectivity index is 3.04. The predicted octanol–water partition coefficient (Wildman–Crippen LogP) is 2.01. The van der Waals surface area contributed by atoms with Crippen LogP contribution < -0.4 is 0 Å². The van der Waals surface area contributed by atoms with Gasteiger partial charge in [-0.05, 0) is 6.42 Å². The molecule has 9 heavy (non-hydrogen) atoms. The molecule has 0 aliphatic heterocycles. The van der Waals surface area contributed by atoms with E-state index in [2.05, 4.69) is 19.6 Å². The molecule has 0 aliphatic carbocycles. The van der Waals surface area contributed by atoms with Crippen molar-refractivity contribution in [1.82, 2.24) is 0 Å². The summed E-state index contributed by atoms with van der Waals surface area (Å²) in [5.41, 5.74) is 0.874. The van der Waals surface area contributed by atoms with Gasteiger partial charge in [-0.25, -0.2) is 0 Å². The van der Waals surface area contributed by atoms with E-state index in [4.69, 9.17) is 0 Å². The number of thiol groups is 1. The van der Waals surface area contributed by atoms with Gasteiger partial charge in [-0.2, -0.15) is 12.6 Å². The molecule has 0 bridgehead atoms. The first-order valence-corrected chi connectivity index (χ1v) is 4.61. The first-order valence-electron chi connectivity index (χ1n) is 3.04. The molecule has 0 rings (SSSR count). The molecule has 3 heteroatoms. The van der Waals surface area contributed by atoms with Crippen molar-refractivity contribution in [3.05, 3.63) is 0 Å². The van der Waals surface area contributed by atoms with E-state index in [1.165, 1.54) is 11.8 Å². The molecule has 0 aromatic heterocycles. The quantitative estimate of drug-likeness (QED) is 0.494. The van der Waals surface area contributed by atoms with Crippen LogP contribution in [0.15, 0.2) is 0 Å². The highest BCUT2D eigenvalue weighted by Gasteiger charge is 1.99. The number of carbonyl (C=O) groups is 1. The van der Waals surface area contributed by atoms with E-state index in [0.717, 1.165) is 24.2 Å². The molecule has 0 aromatic rings. The van der Waals surface area contributed by atoms with Crippen molar-refractivity contribution < 1.29 is 4.79 Å². The number of hydrogen-bond acceptors (Lipinski definition) is 3. The molecule has 0 N–H and O–H groups in total. The standard InChI is InChI=1S/C6H12OS2/c1-2-3-6(8)4-9-5-7/h5-6,8H,2-4H2,1H3. The van der Waals surface area contributed by atoms with Crippen molar-refractivity contribution in [2.45, 2.75) is 25.0 Å². The summed E-state index contributed by atoms with van der Waals surface area (Å²) >= 11 is 5.56. The predicted molar refractivity (Wildman–Crippen MR) is 46.9 cm³/mol. The van der Waals surface area contributed by atoms with Crippen LogP contribution in [0.1, 0.15) is 19.8 Å². The van der Waals surface area contributed by atoms with E-state index >= 15 is 0 Å². The average molecular weight is 164 g/mol. The van der Waals surface area contributed by atoms with Crippen LogP contribution >= 0.6 is 24.4 Å². The molecular weight excluding hydrogens is 152 g/mol. The third-order valence-electron chi connectivity index (χ3n) is 0.979. The molecule has 1 atom stereocenters. The van der Waals surface area contributed by atoms with Crippen LogP contribution in [0.3, 0.4) is 0 Å². The number of carbonyl (C=O) groups excluding carboxylic acids is 1. The van der Waals surface area contributed by atoms with Crippen molar-refractivity contribution in [2.24, 2.45) is 0 Å². The number of rotatable bonds is 5. The van der Waals surface area contributed by atoms with Gasteiger partial charge in [0.05, 0.1) is 0 Å². The van der Waals surface area contributed by atoms with Gasteiger partial charge < -0.3 is 0 Å². The first kappa shape index (κ1) is 9.37. The lowest BCUT2D eigenvalue weighted by atomic mass is 10.3. The molecule has 0 radical (unpaired) electrons. The topological polar surface area (TPSA) is 17.1 Å². The van der Waals surface area contributed by atoms with Gasteiger partial charge in [0, 0.05) is 11.0 Å². The molecule has 0 amide bonds. The molecular formula is C6H12OS2. The summed E-state index contributed by atoms with van der Waals surface area (Å²) in [5.74, 6) is 0.848. The molecule has 0 heterocycles. The van der Waals surface area contributed by atoms with E-state index in [0.29, 0.717) is 5.25 Å². The van der Waals surface area contributed by atoms with Crippen LogP contribution in [0, 0.1) is 0 Å². The van der Waals surface area contributed by atoms with Crippen LogP contribution in [0.4, 0.5) is 0 Å². The Kier molecular flexibility index (Phi) is 6.76. The normalized spacial score (nSPS) is 13.1. The molecule has 0 saturated carbocycles. The van der Waals surface area contributed by atoms with Gasteiger partial charge >= 0.3 is 0 Å². The van der Waals surface area contributed by atoms with Crippen molar-refractivity contribution in [3.8, 4) is 0 Å². The van der Waals surface area contributed by atoms with Crippen LogP contribution in [0.25, 0.3) is 0 Å². The zero-order valence-corrected chi connectivity index (χ0v) is 7.25. The van der Waals surface area contributed by atoms with Gasteiger partial charge in [-0.1, -0.05) is 25.1 Å². The van der Waals surface area contributed by atoms with Crippen molar-refractivity contribution >= 4 is 30.0 Å². The Morgan fingerprint density at radius 3 is 2.89 bits per heavy atom. The average Bonchev–Trinajstić information content (AvgIpc) is 1.85.